The van der Waals surface area contributed by atoms with Crippen LogP contribution >= 0.6 is 11.6 Å². The van der Waals surface area contributed by atoms with Crippen molar-refractivity contribution in [2.24, 2.45) is 0 Å². The Morgan fingerprint density at radius 1 is 1.37 bits per heavy atom. The lowest BCUT2D eigenvalue weighted by atomic mass is 10.2. The van der Waals surface area contributed by atoms with E-state index in [-0.39, 0.29) is 9.92 Å². The molecule has 0 aromatic heterocycles. The first-order chi connectivity index (χ1) is 8.99. The Morgan fingerprint density at radius 2 is 2.16 bits per heavy atom. The molecule has 104 valence electrons. The van der Waals surface area contributed by atoms with E-state index in [9.17, 15) is 8.42 Å². The number of halogens is 1. The molecule has 2 rings (SSSR count). The number of allylic oxidation sites excluding steroid dienone is 1. The molecule has 0 spiro atoms. The maximum atomic E-state index is 12.1. The molecule has 19 heavy (non-hydrogen) atoms. The van der Waals surface area contributed by atoms with Crippen molar-refractivity contribution < 1.29 is 8.42 Å². The molecule has 3 N–H and O–H groups in total. The number of hydrogen-bond acceptors (Lipinski definition) is 3. The van der Waals surface area contributed by atoms with Crippen LogP contribution < -0.4 is 10.5 Å². The molecule has 0 saturated carbocycles. The van der Waals surface area contributed by atoms with Crippen molar-refractivity contribution in [1.82, 2.24) is 4.72 Å². The van der Waals surface area contributed by atoms with Crippen molar-refractivity contribution >= 4 is 27.3 Å². The number of sulfonamides is 1. The van der Waals surface area contributed by atoms with Crippen LogP contribution in [0.25, 0.3) is 0 Å². The minimum Gasteiger partial charge on any atom is -0.399 e. The zero-order valence-corrected chi connectivity index (χ0v) is 12.1. The van der Waals surface area contributed by atoms with Gasteiger partial charge in [0, 0.05) is 12.2 Å². The fourth-order valence-electron chi connectivity index (χ4n) is 2.12. The molecule has 0 atom stereocenters. The summed E-state index contributed by atoms with van der Waals surface area (Å²) in [6, 6.07) is 4.39. The van der Waals surface area contributed by atoms with E-state index in [2.05, 4.69) is 10.8 Å². The van der Waals surface area contributed by atoms with E-state index in [0.717, 1.165) is 19.3 Å². The van der Waals surface area contributed by atoms with Gasteiger partial charge in [-0.3, -0.25) is 0 Å². The summed E-state index contributed by atoms with van der Waals surface area (Å²) in [6.07, 6.45) is 6.29. The van der Waals surface area contributed by atoms with Gasteiger partial charge in [-0.05, 0) is 43.9 Å². The van der Waals surface area contributed by atoms with Gasteiger partial charge in [0.05, 0.1) is 5.02 Å². The van der Waals surface area contributed by atoms with E-state index in [0.29, 0.717) is 12.2 Å². The predicted molar refractivity (Wildman–Crippen MR) is 77.6 cm³/mol. The van der Waals surface area contributed by atoms with Gasteiger partial charge in [0.15, 0.2) is 0 Å². The summed E-state index contributed by atoms with van der Waals surface area (Å²) in [5.41, 5.74) is 7.32. The van der Waals surface area contributed by atoms with Crippen molar-refractivity contribution in [3.63, 3.8) is 0 Å². The minimum atomic E-state index is -3.56. The topological polar surface area (TPSA) is 72.2 Å². The first-order valence-corrected chi connectivity index (χ1v) is 8.08. The number of benzene rings is 1. The highest BCUT2D eigenvalue weighted by atomic mass is 35.5. The third kappa shape index (κ3) is 3.72. The summed E-state index contributed by atoms with van der Waals surface area (Å²) in [6.45, 7) is 0.398. The van der Waals surface area contributed by atoms with Crippen LogP contribution in [0, 0.1) is 0 Å². The molecule has 0 bridgehead atoms. The molecule has 1 aliphatic carbocycles. The monoisotopic (exact) mass is 300 g/mol. The Kier molecular flexibility index (Phi) is 4.50. The quantitative estimate of drug-likeness (QED) is 0.649. The molecule has 1 aromatic rings. The highest BCUT2D eigenvalue weighted by Gasteiger charge is 2.17. The molecule has 1 aliphatic rings. The zero-order valence-electron chi connectivity index (χ0n) is 10.5. The number of hydrogen-bond donors (Lipinski definition) is 2. The lowest BCUT2D eigenvalue weighted by Crippen LogP contribution is -2.25. The molecular formula is C13H17ClN2O2S. The summed E-state index contributed by atoms with van der Waals surface area (Å²) < 4.78 is 26.7. The van der Waals surface area contributed by atoms with Crippen molar-refractivity contribution in [3.05, 3.63) is 34.9 Å². The number of anilines is 1. The molecule has 0 unspecified atom stereocenters. The van der Waals surface area contributed by atoms with Crippen LogP contribution in [-0.2, 0) is 10.0 Å². The molecule has 0 fully saturated rings. The number of nitrogen functional groups attached to an aromatic ring is 1. The van der Waals surface area contributed by atoms with Gasteiger partial charge in [-0.2, -0.15) is 0 Å². The summed E-state index contributed by atoms with van der Waals surface area (Å²) in [5, 5.41) is 0.146. The fraction of sp³-hybridized carbons (Fsp3) is 0.385. The molecule has 1 aromatic carbocycles. The van der Waals surface area contributed by atoms with Gasteiger partial charge >= 0.3 is 0 Å². The molecule has 6 heteroatoms. The van der Waals surface area contributed by atoms with Crippen molar-refractivity contribution in [3.8, 4) is 0 Å². The average molecular weight is 301 g/mol. The smallest absolute Gasteiger partial charge is 0.242 e. The average Bonchev–Trinajstić information content (AvgIpc) is 2.81. The van der Waals surface area contributed by atoms with Gasteiger partial charge < -0.3 is 5.73 Å². The molecule has 0 radical (unpaired) electrons. The van der Waals surface area contributed by atoms with E-state index < -0.39 is 10.0 Å². The van der Waals surface area contributed by atoms with Crippen LogP contribution in [0.5, 0.6) is 0 Å². The third-order valence-electron chi connectivity index (χ3n) is 3.12. The SMILES string of the molecule is Nc1ccc(S(=O)(=O)NCCC2=CCCC2)c(Cl)c1. The van der Waals surface area contributed by atoms with Crippen LogP contribution in [-0.4, -0.2) is 15.0 Å². The maximum absolute atomic E-state index is 12.1. The van der Waals surface area contributed by atoms with Crippen molar-refractivity contribution in [2.45, 2.75) is 30.6 Å². The summed E-state index contributed by atoms with van der Waals surface area (Å²) in [4.78, 5) is 0.0729. The Bertz CT molecular complexity index is 597. The van der Waals surface area contributed by atoms with Gasteiger partial charge in [0.1, 0.15) is 4.90 Å². The first kappa shape index (κ1) is 14.4. The van der Waals surface area contributed by atoms with Crippen LogP contribution in [0.3, 0.4) is 0 Å². The third-order valence-corrected chi connectivity index (χ3v) is 5.06. The van der Waals surface area contributed by atoms with Gasteiger partial charge in [0.2, 0.25) is 10.0 Å². The lowest BCUT2D eigenvalue weighted by Gasteiger charge is -2.09. The summed E-state index contributed by atoms with van der Waals surface area (Å²) in [5.74, 6) is 0. The first-order valence-electron chi connectivity index (χ1n) is 6.21. The van der Waals surface area contributed by atoms with Crippen LogP contribution in [0.1, 0.15) is 25.7 Å². The Balaban J connectivity index is 2.01. The lowest BCUT2D eigenvalue weighted by molar-refractivity contribution is 0.581. The van der Waals surface area contributed by atoms with Crippen LogP contribution in [0.2, 0.25) is 5.02 Å². The normalized spacial score (nSPS) is 15.5. The highest BCUT2D eigenvalue weighted by molar-refractivity contribution is 7.89. The zero-order chi connectivity index (χ0) is 13.9. The molecular weight excluding hydrogens is 284 g/mol. The molecule has 4 nitrogen and oxygen atoms in total. The van der Waals surface area contributed by atoms with Crippen molar-refractivity contribution in [2.75, 3.05) is 12.3 Å². The molecule has 0 heterocycles. The highest BCUT2D eigenvalue weighted by Crippen LogP contribution is 2.24. The molecule has 0 aliphatic heterocycles. The maximum Gasteiger partial charge on any atom is 0.242 e. The minimum absolute atomic E-state index is 0.0729. The van der Waals surface area contributed by atoms with E-state index in [4.69, 9.17) is 17.3 Å². The van der Waals surface area contributed by atoms with Gasteiger partial charge in [-0.25, -0.2) is 13.1 Å². The second-order valence-electron chi connectivity index (χ2n) is 4.59. The Morgan fingerprint density at radius 3 is 2.79 bits per heavy atom. The summed E-state index contributed by atoms with van der Waals surface area (Å²) >= 11 is 5.91. The van der Waals surface area contributed by atoms with Crippen LogP contribution in [0.4, 0.5) is 5.69 Å². The number of nitrogens with two attached hydrogens (primary N) is 1. The second kappa shape index (κ2) is 5.94. The predicted octanol–water partition coefficient (Wildman–Crippen LogP) is 2.70. The van der Waals surface area contributed by atoms with Gasteiger partial charge in [0.25, 0.3) is 0 Å². The van der Waals surface area contributed by atoms with E-state index >= 15 is 0 Å². The van der Waals surface area contributed by atoms with E-state index in [1.54, 1.807) is 0 Å². The number of rotatable bonds is 5. The standard InChI is InChI=1S/C13H17ClN2O2S/c14-12-9-11(15)5-6-13(12)19(17,18)16-8-7-10-3-1-2-4-10/h3,5-6,9,16H,1-2,4,7-8,15H2. The van der Waals surface area contributed by atoms with Gasteiger partial charge in [-0.15, -0.1) is 0 Å². The van der Waals surface area contributed by atoms with Crippen LogP contribution in [0.15, 0.2) is 34.7 Å². The van der Waals surface area contributed by atoms with Crippen molar-refractivity contribution in [1.29, 1.82) is 0 Å². The number of nitrogens with one attached hydrogen (secondary N) is 1. The fourth-order valence-corrected chi connectivity index (χ4v) is 3.71. The molecule has 0 saturated heterocycles. The Labute approximate surface area is 118 Å². The van der Waals surface area contributed by atoms with E-state index in [1.807, 2.05) is 0 Å². The largest absolute Gasteiger partial charge is 0.399 e. The van der Waals surface area contributed by atoms with Gasteiger partial charge in [-0.1, -0.05) is 23.3 Å². The summed E-state index contributed by atoms with van der Waals surface area (Å²) in [7, 11) is -3.56. The Hall–Kier alpha value is -1.04. The second-order valence-corrected chi connectivity index (χ2v) is 6.73. The van der Waals surface area contributed by atoms with E-state index in [1.165, 1.54) is 30.2 Å². The molecule has 0 amide bonds.